The summed E-state index contributed by atoms with van der Waals surface area (Å²) in [4.78, 5) is 0. The summed E-state index contributed by atoms with van der Waals surface area (Å²) >= 11 is 0. The van der Waals surface area contributed by atoms with Gasteiger partial charge in [0, 0.05) is 5.56 Å². The molecule has 1 aromatic heterocycles. The van der Waals surface area contributed by atoms with E-state index in [0.29, 0.717) is 5.92 Å². The van der Waals surface area contributed by atoms with Crippen LogP contribution in [0.1, 0.15) is 36.6 Å². The monoisotopic (exact) mass is 230 g/mol. The molecular formula is C14H18N2O. The minimum absolute atomic E-state index is 0.235. The molecule has 1 heterocycles. The summed E-state index contributed by atoms with van der Waals surface area (Å²) in [5.41, 5.74) is 3.86. The van der Waals surface area contributed by atoms with Crippen LogP contribution in [0.2, 0.25) is 0 Å². The number of hydrogen-bond donors (Lipinski definition) is 1. The number of benzene rings is 1. The van der Waals surface area contributed by atoms with Gasteiger partial charge in [0.2, 0.25) is 5.88 Å². The van der Waals surface area contributed by atoms with Crippen LogP contribution in [0, 0.1) is 13.8 Å². The van der Waals surface area contributed by atoms with Crippen LogP contribution in [0.15, 0.2) is 24.3 Å². The predicted octanol–water partition coefficient (Wildman–Crippen LogP) is 3.32. The Morgan fingerprint density at radius 3 is 2.47 bits per heavy atom. The summed E-state index contributed by atoms with van der Waals surface area (Å²) < 4.78 is 1.61. The summed E-state index contributed by atoms with van der Waals surface area (Å²) in [6, 6.07) is 7.95. The Kier molecular flexibility index (Phi) is 2.92. The van der Waals surface area contributed by atoms with Crippen LogP contribution in [-0.4, -0.2) is 14.9 Å². The van der Waals surface area contributed by atoms with Crippen LogP contribution in [-0.2, 0) is 0 Å². The van der Waals surface area contributed by atoms with E-state index in [1.54, 1.807) is 4.68 Å². The van der Waals surface area contributed by atoms with Crippen molar-refractivity contribution in [3.05, 3.63) is 41.1 Å². The Balaban J connectivity index is 2.57. The van der Waals surface area contributed by atoms with Crippen molar-refractivity contribution in [3.8, 4) is 11.6 Å². The van der Waals surface area contributed by atoms with E-state index in [-0.39, 0.29) is 5.88 Å². The van der Waals surface area contributed by atoms with Gasteiger partial charge in [-0.25, -0.2) is 4.68 Å². The molecule has 0 amide bonds. The predicted molar refractivity (Wildman–Crippen MR) is 68.8 cm³/mol. The second-order valence-electron chi connectivity index (χ2n) is 4.74. The standard InChI is InChI=1S/C14H18N2O/c1-9(2)13-11(4)14(17)16(15-13)12-7-5-6-10(3)8-12/h5-9,17H,1-4H3. The van der Waals surface area contributed by atoms with Crippen molar-refractivity contribution in [2.45, 2.75) is 33.6 Å². The fraction of sp³-hybridized carbons (Fsp3) is 0.357. The van der Waals surface area contributed by atoms with E-state index < -0.39 is 0 Å². The van der Waals surface area contributed by atoms with Gasteiger partial charge in [0.25, 0.3) is 0 Å². The average molecular weight is 230 g/mol. The maximum atomic E-state index is 10.1. The van der Waals surface area contributed by atoms with E-state index in [1.807, 2.05) is 38.1 Å². The second-order valence-corrected chi connectivity index (χ2v) is 4.74. The summed E-state index contributed by atoms with van der Waals surface area (Å²) in [7, 11) is 0. The van der Waals surface area contributed by atoms with Gasteiger partial charge in [-0.15, -0.1) is 0 Å². The molecule has 0 aliphatic rings. The first-order valence-corrected chi connectivity index (χ1v) is 5.86. The molecule has 0 saturated carbocycles. The lowest BCUT2D eigenvalue weighted by Gasteiger charge is -2.04. The highest BCUT2D eigenvalue weighted by atomic mass is 16.3. The van der Waals surface area contributed by atoms with Gasteiger partial charge >= 0.3 is 0 Å². The quantitative estimate of drug-likeness (QED) is 0.859. The number of hydrogen-bond acceptors (Lipinski definition) is 2. The lowest BCUT2D eigenvalue weighted by Crippen LogP contribution is -1.98. The van der Waals surface area contributed by atoms with Gasteiger partial charge in [-0.1, -0.05) is 26.0 Å². The van der Waals surface area contributed by atoms with E-state index in [9.17, 15) is 5.11 Å². The van der Waals surface area contributed by atoms with Gasteiger partial charge in [0.05, 0.1) is 11.4 Å². The van der Waals surface area contributed by atoms with Gasteiger partial charge in [0.1, 0.15) is 0 Å². The molecule has 2 aromatic rings. The van der Waals surface area contributed by atoms with E-state index in [0.717, 1.165) is 22.5 Å². The average Bonchev–Trinajstić information content (AvgIpc) is 2.56. The Morgan fingerprint density at radius 2 is 1.94 bits per heavy atom. The molecule has 0 bridgehead atoms. The topological polar surface area (TPSA) is 38.0 Å². The van der Waals surface area contributed by atoms with E-state index in [4.69, 9.17) is 0 Å². The highest BCUT2D eigenvalue weighted by molar-refractivity contribution is 5.42. The molecule has 1 N–H and O–H groups in total. The molecule has 17 heavy (non-hydrogen) atoms. The summed E-state index contributed by atoms with van der Waals surface area (Å²) in [5, 5.41) is 14.6. The summed E-state index contributed by atoms with van der Waals surface area (Å²) in [6.07, 6.45) is 0. The van der Waals surface area contributed by atoms with E-state index in [2.05, 4.69) is 18.9 Å². The first-order chi connectivity index (χ1) is 8.00. The largest absolute Gasteiger partial charge is 0.493 e. The second kappa shape index (κ2) is 4.24. The fourth-order valence-electron chi connectivity index (χ4n) is 1.99. The van der Waals surface area contributed by atoms with Gasteiger partial charge in [-0.2, -0.15) is 5.10 Å². The molecule has 0 radical (unpaired) electrons. The zero-order chi connectivity index (χ0) is 12.6. The molecule has 90 valence electrons. The van der Waals surface area contributed by atoms with Crippen molar-refractivity contribution in [2.24, 2.45) is 0 Å². The molecule has 1 aromatic carbocycles. The van der Waals surface area contributed by atoms with Crippen LogP contribution in [0.4, 0.5) is 0 Å². The number of aryl methyl sites for hydroxylation is 1. The molecular weight excluding hydrogens is 212 g/mol. The first kappa shape index (κ1) is 11.7. The normalized spacial score (nSPS) is 11.1. The summed E-state index contributed by atoms with van der Waals surface area (Å²) in [5.74, 6) is 0.547. The van der Waals surface area contributed by atoms with Gasteiger partial charge in [-0.05, 0) is 37.5 Å². The third-order valence-electron chi connectivity index (χ3n) is 2.92. The highest BCUT2D eigenvalue weighted by Crippen LogP contribution is 2.28. The lowest BCUT2D eigenvalue weighted by atomic mass is 10.1. The SMILES string of the molecule is Cc1cccc(-n2nc(C(C)C)c(C)c2O)c1. The molecule has 2 rings (SSSR count). The molecule has 0 spiro atoms. The van der Waals surface area contributed by atoms with Crippen LogP contribution in [0.25, 0.3) is 5.69 Å². The Bertz CT molecular complexity index is 541. The van der Waals surface area contributed by atoms with Crippen LogP contribution < -0.4 is 0 Å². The minimum atomic E-state index is 0.235. The molecule has 0 aliphatic carbocycles. The fourth-order valence-corrected chi connectivity index (χ4v) is 1.99. The zero-order valence-electron chi connectivity index (χ0n) is 10.7. The molecule has 0 fully saturated rings. The van der Waals surface area contributed by atoms with E-state index >= 15 is 0 Å². The van der Waals surface area contributed by atoms with Crippen molar-refractivity contribution < 1.29 is 5.11 Å². The first-order valence-electron chi connectivity index (χ1n) is 5.86. The van der Waals surface area contributed by atoms with Crippen LogP contribution in [0.3, 0.4) is 0 Å². The smallest absolute Gasteiger partial charge is 0.217 e. The summed E-state index contributed by atoms with van der Waals surface area (Å²) in [6.45, 7) is 8.09. The Labute approximate surface area is 102 Å². The maximum absolute atomic E-state index is 10.1. The van der Waals surface area contributed by atoms with Gasteiger partial charge in [0.15, 0.2) is 0 Å². The number of aromatic hydroxyl groups is 1. The zero-order valence-corrected chi connectivity index (χ0v) is 10.7. The van der Waals surface area contributed by atoms with Crippen molar-refractivity contribution >= 4 is 0 Å². The lowest BCUT2D eigenvalue weighted by molar-refractivity contribution is 0.430. The highest BCUT2D eigenvalue weighted by Gasteiger charge is 2.16. The molecule has 0 saturated heterocycles. The molecule has 0 aliphatic heterocycles. The Morgan fingerprint density at radius 1 is 1.24 bits per heavy atom. The van der Waals surface area contributed by atoms with Crippen molar-refractivity contribution in [1.82, 2.24) is 9.78 Å². The third-order valence-corrected chi connectivity index (χ3v) is 2.92. The molecule has 0 atom stereocenters. The van der Waals surface area contributed by atoms with Crippen LogP contribution >= 0.6 is 0 Å². The van der Waals surface area contributed by atoms with Crippen molar-refractivity contribution in [2.75, 3.05) is 0 Å². The number of aromatic nitrogens is 2. The molecule has 3 heteroatoms. The number of nitrogens with zero attached hydrogens (tertiary/aromatic N) is 2. The molecule has 3 nitrogen and oxygen atoms in total. The van der Waals surface area contributed by atoms with Gasteiger partial charge < -0.3 is 5.11 Å². The maximum Gasteiger partial charge on any atom is 0.217 e. The van der Waals surface area contributed by atoms with Crippen LogP contribution in [0.5, 0.6) is 5.88 Å². The third kappa shape index (κ3) is 2.05. The number of rotatable bonds is 2. The van der Waals surface area contributed by atoms with Crippen molar-refractivity contribution in [1.29, 1.82) is 0 Å². The minimum Gasteiger partial charge on any atom is -0.493 e. The molecule has 0 unspecified atom stereocenters. The Hall–Kier alpha value is -1.77. The van der Waals surface area contributed by atoms with Crippen molar-refractivity contribution in [3.63, 3.8) is 0 Å². The van der Waals surface area contributed by atoms with E-state index in [1.165, 1.54) is 0 Å². The van der Waals surface area contributed by atoms with Gasteiger partial charge in [-0.3, -0.25) is 0 Å².